The summed E-state index contributed by atoms with van der Waals surface area (Å²) < 4.78 is 37.5. The van der Waals surface area contributed by atoms with Gasteiger partial charge in [0.1, 0.15) is 46.0 Å². The molecule has 0 atom stereocenters. The second-order valence-electron chi connectivity index (χ2n) is 47.2. The third-order valence-corrected chi connectivity index (χ3v) is 30.1. The predicted octanol–water partition coefficient (Wildman–Crippen LogP) is 26.7. The van der Waals surface area contributed by atoms with E-state index in [-0.39, 0.29) is 62.2 Å². The molecular formula is C111H137B2N3O5Si. The third kappa shape index (κ3) is 15.7. The zero-order chi connectivity index (χ0) is 87.4. The van der Waals surface area contributed by atoms with Crippen molar-refractivity contribution in [3.63, 3.8) is 0 Å². The number of ether oxygens (including phenoxy) is 5. The van der Waals surface area contributed by atoms with Crippen LogP contribution in [0.25, 0.3) is 0 Å². The average Bonchev–Trinajstić information content (AvgIpc) is 0.692. The van der Waals surface area contributed by atoms with Crippen molar-refractivity contribution in [3.8, 4) is 46.0 Å². The number of hydrogen-bond donors (Lipinski definition) is 0. The molecule has 4 saturated carbocycles. The first-order valence-corrected chi connectivity index (χ1v) is 49.7. The van der Waals surface area contributed by atoms with E-state index >= 15 is 0 Å². The van der Waals surface area contributed by atoms with Crippen LogP contribution >= 0.6 is 0 Å². The summed E-state index contributed by atoms with van der Waals surface area (Å²) in [4.78, 5) is 7.72. The lowest BCUT2D eigenvalue weighted by Crippen LogP contribution is -2.61. The van der Waals surface area contributed by atoms with Gasteiger partial charge in [-0.05, 0) is 274 Å². The summed E-state index contributed by atoms with van der Waals surface area (Å²) in [7, 11) is -1.90. The van der Waals surface area contributed by atoms with Crippen LogP contribution in [0.5, 0.6) is 46.0 Å². The highest BCUT2D eigenvalue weighted by Crippen LogP contribution is 2.62. The zero-order valence-electron chi connectivity index (χ0n) is 79.4. The quantitative estimate of drug-likeness (QED) is 0.0942. The minimum Gasteiger partial charge on any atom is -0.493 e. The van der Waals surface area contributed by atoms with Crippen molar-refractivity contribution in [2.75, 3.05) is 27.9 Å². The normalized spacial score (nSPS) is 18.4. The molecule has 18 rings (SSSR count). The summed E-state index contributed by atoms with van der Waals surface area (Å²) in [5, 5.41) is 1.35. The van der Waals surface area contributed by atoms with E-state index in [1.165, 1.54) is 105 Å². The second-order valence-corrected chi connectivity index (χ2v) is 52.3. The molecule has 11 heteroatoms. The van der Waals surface area contributed by atoms with E-state index in [1.54, 1.807) is 0 Å². The highest BCUT2D eigenvalue weighted by molar-refractivity contribution is 7.01. The van der Waals surface area contributed by atoms with Gasteiger partial charge in [-0.15, -0.1) is 0 Å². The van der Waals surface area contributed by atoms with Gasteiger partial charge in [-0.1, -0.05) is 253 Å². The van der Waals surface area contributed by atoms with Gasteiger partial charge in [0.15, 0.2) is 0 Å². The minimum atomic E-state index is -1.90. The van der Waals surface area contributed by atoms with E-state index in [1.807, 2.05) is 0 Å². The fraction of sp³-hybridized carbons (Fsp3) is 0.459. The monoisotopic (exact) mass is 1640 g/mol. The van der Waals surface area contributed by atoms with Crippen LogP contribution in [-0.2, 0) is 48.7 Å². The van der Waals surface area contributed by atoms with Gasteiger partial charge < -0.3 is 38.4 Å². The van der Waals surface area contributed by atoms with Gasteiger partial charge >= 0.3 is 0 Å². The van der Waals surface area contributed by atoms with Gasteiger partial charge in [-0.25, -0.2) is 0 Å². The summed E-state index contributed by atoms with van der Waals surface area (Å²) >= 11 is 0. The first-order valence-electron chi connectivity index (χ1n) is 46.2. The summed E-state index contributed by atoms with van der Waals surface area (Å²) in [5.74, 6) is 8.76. The lowest BCUT2D eigenvalue weighted by molar-refractivity contribution is -0.00516. The summed E-state index contributed by atoms with van der Waals surface area (Å²) in [5.41, 5.74) is 26.7. The lowest BCUT2D eigenvalue weighted by Gasteiger charge is -2.57. The fourth-order valence-electron chi connectivity index (χ4n) is 21.1. The number of benzene rings is 10. The van der Waals surface area contributed by atoms with Gasteiger partial charge in [0.25, 0.3) is 13.4 Å². The van der Waals surface area contributed by atoms with E-state index in [4.69, 9.17) is 23.7 Å². The summed E-state index contributed by atoms with van der Waals surface area (Å²) in [6.45, 7) is 68.8. The Kier molecular flexibility index (Phi) is 20.6. The molecule has 0 N–H and O–H groups in total. The van der Waals surface area contributed by atoms with Gasteiger partial charge in [-0.2, -0.15) is 0 Å². The molecule has 10 aromatic carbocycles. The van der Waals surface area contributed by atoms with Crippen LogP contribution in [0.4, 0.5) is 51.2 Å². The van der Waals surface area contributed by atoms with E-state index in [2.05, 4.69) is 378 Å². The molecular weight excluding hydrogens is 1500 g/mol. The molecule has 10 aromatic rings. The Morgan fingerprint density at radius 1 is 0.344 bits per heavy atom. The molecule has 8 nitrogen and oxygen atoms in total. The van der Waals surface area contributed by atoms with Crippen LogP contribution < -0.4 is 76.3 Å². The van der Waals surface area contributed by atoms with Crippen LogP contribution in [0.15, 0.2) is 164 Å². The molecule has 8 aliphatic rings. The largest absolute Gasteiger partial charge is 0.493 e. The van der Waals surface area contributed by atoms with Crippen molar-refractivity contribution in [1.29, 1.82) is 0 Å². The molecule has 0 spiro atoms. The number of nitrogens with zero attached hydrogens (tertiary/aromatic N) is 3. The lowest BCUT2D eigenvalue weighted by atomic mass is 9.32. The van der Waals surface area contributed by atoms with E-state index in [0.717, 1.165) is 149 Å². The van der Waals surface area contributed by atoms with Crippen molar-refractivity contribution in [2.24, 2.45) is 17.8 Å². The Morgan fingerprint density at radius 2 is 0.672 bits per heavy atom. The molecule has 0 amide bonds. The maximum atomic E-state index is 8.18. The molecule has 4 bridgehead atoms. The Balaban J connectivity index is 0.961. The third-order valence-electron chi connectivity index (χ3n) is 28.1. The van der Waals surface area contributed by atoms with Crippen molar-refractivity contribution >= 4 is 111 Å². The molecule has 636 valence electrons. The van der Waals surface area contributed by atoms with Crippen LogP contribution in [0.1, 0.15) is 281 Å². The van der Waals surface area contributed by atoms with Crippen LogP contribution in [0.3, 0.4) is 0 Å². The Labute approximate surface area is 734 Å². The summed E-state index contributed by atoms with van der Waals surface area (Å²) in [6.07, 6.45) is 9.56. The molecule has 0 unspecified atom stereocenters. The first-order chi connectivity index (χ1) is 56.9. The zero-order valence-corrected chi connectivity index (χ0v) is 80.4. The van der Waals surface area contributed by atoms with Gasteiger partial charge in [0.05, 0.1) is 38.3 Å². The molecule has 4 heterocycles. The molecule has 0 aromatic heterocycles. The number of fused-ring (bicyclic) bond motifs is 8. The fourth-order valence-corrected chi connectivity index (χ4v) is 22.3. The molecule has 4 aliphatic heterocycles. The van der Waals surface area contributed by atoms with E-state index in [0.29, 0.717) is 13.2 Å². The number of hydrogen-bond acceptors (Lipinski definition) is 8. The summed E-state index contributed by atoms with van der Waals surface area (Å²) in [6, 6.07) is 65.6. The average molecular weight is 1640 g/mol. The van der Waals surface area contributed by atoms with Crippen molar-refractivity contribution in [2.45, 2.75) is 300 Å². The smallest absolute Gasteiger partial charge is 0.260 e. The van der Waals surface area contributed by atoms with Crippen LogP contribution in [0.2, 0.25) is 19.6 Å². The van der Waals surface area contributed by atoms with Crippen LogP contribution in [0, 0.1) is 17.8 Å². The van der Waals surface area contributed by atoms with E-state index < -0.39 is 8.07 Å². The van der Waals surface area contributed by atoms with Crippen molar-refractivity contribution in [3.05, 3.63) is 214 Å². The number of rotatable bonds is 15. The highest BCUT2D eigenvalue weighted by atomic mass is 28.3. The topological polar surface area (TPSA) is 55.9 Å². The molecule has 4 aliphatic carbocycles. The Hall–Kier alpha value is -9.05. The molecule has 0 radical (unpaired) electrons. The maximum Gasteiger partial charge on any atom is 0.260 e. The van der Waals surface area contributed by atoms with Gasteiger partial charge in [0, 0.05) is 76.0 Å². The second kappa shape index (κ2) is 29.5. The highest BCUT2D eigenvalue weighted by Gasteiger charge is 2.54. The number of anilines is 9. The molecule has 4 fully saturated rings. The maximum absolute atomic E-state index is 8.18. The Morgan fingerprint density at radius 3 is 1.02 bits per heavy atom. The SMILES string of the molecule is CCCOc1cc(OCCC)cc(N2c3cc(C45CC6CC(CC(C6)C4)C5)ccc3B3c4cc5c(cc4Oc4cc(N(c6cc(C(C)(C)C)cc(C(C)(C)C)c6)c6cc(C(C)(C)C)cc(C(C)(C)C)c6)cc2c43)B2c3ccc([Si](C)(C)C)cc3Oc3cc(N(c4cc(C(C)(C)C)cc(C(C)(C)C)c4)c4cc(C(C)(C)C)cc(C(C)(C)C)c4)cc(c32)O5)c1. The van der Waals surface area contributed by atoms with Crippen molar-refractivity contribution < 1.29 is 23.7 Å². The standard InChI is InChI=1S/C111H137B2N3O5Si/c1-30-36-117-86-54-83(55-87(60-86)118-37-31-2)116-93-53-70(111-64-67-38-68(65-111)40-69(39-67)66-111)32-34-89(93)112-91-62-97-92(63-96(91)120-98-57-84(56-94(116)101(98)112)114(79-45-71(103(3,4)5)41-72(46-79)104(6,7)8)80-47-73(105(9,10)11)42-74(48-80)106(12,13)14)113-90-35-33-88(122(27,28)29)61-95(90)119-99-58-85(59-100(121-97)102(99)113)115(81-49-75(107(15,16)17)43-76(50-81)108(18,19)20)82-51-77(109(21,22)23)44-78(52-82)110(24,25)26/h32-35,41-63,67-69H,30-31,36-40,64-66H2,1-29H3. The van der Waals surface area contributed by atoms with Gasteiger partial charge in [-0.3, -0.25) is 0 Å². The van der Waals surface area contributed by atoms with Crippen molar-refractivity contribution in [1.82, 2.24) is 0 Å². The molecule has 122 heavy (non-hydrogen) atoms. The first kappa shape index (κ1) is 85.1. The van der Waals surface area contributed by atoms with Crippen LogP contribution in [-0.4, -0.2) is 34.7 Å². The predicted molar refractivity (Wildman–Crippen MR) is 523 cm³/mol. The molecule has 0 saturated heterocycles. The van der Waals surface area contributed by atoms with Gasteiger partial charge in [0.2, 0.25) is 0 Å². The minimum absolute atomic E-state index is 0.0816. The van der Waals surface area contributed by atoms with E-state index in [9.17, 15) is 0 Å². The Bertz CT molecular complexity index is 5480.